The van der Waals surface area contributed by atoms with E-state index >= 15 is 0 Å². The van der Waals surface area contributed by atoms with Gasteiger partial charge in [0.1, 0.15) is 0 Å². The van der Waals surface area contributed by atoms with Gasteiger partial charge in [-0.05, 0) is 45.4 Å². The van der Waals surface area contributed by atoms with Gasteiger partial charge in [0.05, 0.1) is 11.6 Å². The number of rotatable bonds is 3. The molecule has 1 unspecified atom stereocenters. The van der Waals surface area contributed by atoms with Gasteiger partial charge < -0.3 is 14.8 Å². The van der Waals surface area contributed by atoms with E-state index in [1.54, 1.807) is 6.20 Å². The predicted octanol–water partition coefficient (Wildman–Crippen LogP) is 2.87. The summed E-state index contributed by atoms with van der Waals surface area (Å²) in [4.78, 5) is 19.5. The summed E-state index contributed by atoms with van der Waals surface area (Å²) >= 11 is 0. The first kappa shape index (κ1) is 16.7. The van der Waals surface area contributed by atoms with Crippen LogP contribution < -0.4 is 5.32 Å². The van der Waals surface area contributed by atoms with E-state index in [-0.39, 0.29) is 11.9 Å². The molecule has 128 valence electrons. The highest BCUT2D eigenvalue weighted by atomic mass is 16.2. The smallest absolute Gasteiger partial charge is 0.256 e. The molecule has 0 bridgehead atoms. The number of hydrogen-bond donors (Lipinski definition) is 1. The summed E-state index contributed by atoms with van der Waals surface area (Å²) < 4.78 is 2.23. The third-order valence-corrected chi connectivity index (χ3v) is 4.80. The lowest BCUT2D eigenvalue weighted by atomic mass is 10.0. The number of aryl methyl sites for hydroxylation is 1. The van der Waals surface area contributed by atoms with Crippen LogP contribution in [0.1, 0.15) is 53.2 Å². The van der Waals surface area contributed by atoms with Gasteiger partial charge in [-0.2, -0.15) is 0 Å². The number of carbonyl (C=O) groups is 1. The Hall–Kier alpha value is -2.14. The highest BCUT2D eigenvalue weighted by molar-refractivity contribution is 5.96. The normalized spacial score (nSPS) is 18.2. The van der Waals surface area contributed by atoms with E-state index in [1.807, 2.05) is 36.2 Å². The second-order valence-electron chi connectivity index (χ2n) is 6.75. The number of amides is 1. The Kier molecular flexibility index (Phi) is 4.71. The average molecular weight is 326 g/mol. The van der Waals surface area contributed by atoms with Gasteiger partial charge in [0.15, 0.2) is 0 Å². The Morgan fingerprint density at radius 1 is 1.38 bits per heavy atom. The third kappa shape index (κ3) is 2.96. The highest BCUT2D eigenvalue weighted by Gasteiger charge is 2.30. The van der Waals surface area contributed by atoms with E-state index in [9.17, 15) is 4.79 Å². The largest absolute Gasteiger partial charge is 0.346 e. The second-order valence-corrected chi connectivity index (χ2v) is 6.75. The zero-order chi connectivity index (χ0) is 17.3. The lowest BCUT2D eigenvalue weighted by Crippen LogP contribution is -2.48. The van der Waals surface area contributed by atoms with Gasteiger partial charge in [0.2, 0.25) is 0 Å². The van der Waals surface area contributed by atoms with Crippen LogP contribution in [0.2, 0.25) is 0 Å². The molecule has 1 saturated heterocycles. The molecule has 0 aromatic carbocycles. The molecule has 0 aliphatic carbocycles. The van der Waals surface area contributed by atoms with Crippen molar-refractivity contribution in [3.05, 3.63) is 53.1 Å². The van der Waals surface area contributed by atoms with Crippen LogP contribution in [0.5, 0.6) is 0 Å². The van der Waals surface area contributed by atoms with Crippen LogP contribution in [0, 0.1) is 13.8 Å². The molecule has 0 saturated carbocycles. The highest BCUT2D eigenvalue weighted by Crippen LogP contribution is 2.27. The van der Waals surface area contributed by atoms with Crippen molar-refractivity contribution in [3.8, 4) is 0 Å². The number of nitrogens with one attached hydrogen (secondary N) is 1. The fraction of sp³-hybridized carbons (Fsp3) is 0.474. The summed E-state index contributed by atoms with van der Waals surface area (Å²) in [7, 11) is 0. The molecule has 1 aliphatic heterocycles. The van der Waals surface area contributed by atoms with E-state index < -0.39 is 0 Å². The first-order chi connectivity index (χ1) is 11.5. The maximum absolute atomic E-state index is 13.3. The van der Waals surface area contributed by atoms with E-state index in [2.05, 4.69) is 35.6 Å². The minimum Gasteiger partial charge on any atom is -0.346 e. The Morgan fingerprint density at radius 2 is 2.17 bits per heavy atom. The zero-order valence-electron chi connectivity index (χ0n) is 14.9. The van der Waals surface area contributed by atoms with Gasteiger partial charge in [-0.25, -0.2) is 0 Å². The summed E-state index contributed by atoms with van der Waals surface area (Å²) in [5.74, 6) is 0.116. The number of carbonyl (C=O) groups excluding carboxylic acids is 1. The van der Waals surface area contributed by atoms with Crippen molar-refractivity contribution in [2.24, 2.45) is 0 Å². The van der Waals surface area contributed by atoms with Crippen molar-refractivity contribution in [2.75, 3.05) is 19.6 Å². The number of aromatic nitrogens is 2. The number of piperazine rings is 1. The first-order valence-electron chi connectivity index (χ1n) is 8.60. The maximum Gasteiger partial charge on any atom is 0.256 e. The number of pyridine rings is 1. The fourth-order valence-corrected chi connectivity index (χ4v) is 3.76. The van der Waals surface area contributed by atoms with Crippen LogP contribution in [0.25, 0.3) is 0 Å². The van der Waals surface area contributed by atoms with Gasteiger partial charge in [0.25, 0.3) is 5.91 Å². The molecule has 1 fully saturated rings. The quantitative estimate of drug-likeness (QED) is 0.943. The van der Waals surface area contributed by atoms with E-state index in [0.717, 1.165) is 35.6 Å². The molecule has 1 amide bonds. The van der Waals surface area contributed by atoms with Crippen molar-refractivity contribution >= 4 is 5.91 Å². The molecule has 2 aromatic rings. The van der Waals surface area contributed by atoms with Crippen molar-refractivity contribution < 1.29 is 4.79 Å². The number of hydrogen-bond acceptors (Lipinski definition) is 3. The van der Waals surface area contributed by atoms with Crippen LogP contribution in [0.4, 0.5) is 0 Å². The van der Waals surface area contributed by atoms with Crippen LogP contribution in [0.15, 0.2) is 30.6 Å². The molecule has 1 aliphatic rings. The average Bonchev–Trinajstić information content (AvgIpc) is 2.89. The maximum atomic E-state index is 13.3. The van der Waals surface area contributed by atoms with E-state index in [4.69, 9.17) is 0 Å². The minimum atomic E-state index is 0.0297. The summed E-state index contributed by atoms with van der Waals surface area (Å²) in [6.07, 6.45) is 3.62. The Bertz CT molecular complexity index is 720. The molecule has 0 spiro atoms. The van der Waals surface area contributed by atoms with E-state index in [0.29, 0.717) is 12.6 Å². The topological polar surface area (TPSA) is 50.2 Å². The molecule has 1 atom stereocenters. The van der Waals surface area contributed by atoms with Gasteiger partial charge >= 0.3 is 0 Å². The van der Waals surface area contributed by atoms with E-state index in [1.165, 1.54) is 0 Å². The van der Waals surface area contributed by atoms with Crippen molar-refractivity contribution in [3.63, 3.8) is 0 Å². The molecule has 5 heteroatoms. The third-order valence-electron chi connectivity index (χ3n) is 4.80. The lowest BCUT2D eigenvalue weighted by Gasteiger charge is -2.36. The van der Waals surface area contributed by atoms with Crippen molar-refractivity contribution in [2.45, 2.75) is 39.8 Å². The molecular formula is C19H26N4O. The molecule has 5 nitrogen and oxygen atoms in total. The van der Waals surface area contributed by atoms with Crippen molar-refractivity contribution in [1.29, 1.82) is 0 Å². The lowest BCUT2D eigenvalue weighted by molar-refractivity contribution is 0.0633. The van der Waals surface area contributed by atoms with Gasteiger partial charge in [-0.3, -0.25) is 9.78 Å². The molecular weight excluding hydrogens is 300 g/mol. The van der Waals surface area contributed by atoms with Crippen LogP contribution in [-0.2, 0) is 0 Å². The van der Waals surface area contributed by atoms with Crippen molar-refractivity contribution in [1.82, 2.24) is 19.8 Å². The summed E-state index contributed by atoms with van der Waals surface area (Å²) in [6.45, 7) is 10.7. The summed E-state index contributed by atoms with van der Waals surface area (Å²) in [5.41, 5.74) is 4.09. The molecule has 1 N–H and O–H groups in total. The minimum absolute atomic E-state index is 0.0297. The summed E-state index contributed by atoms with van der Waals surface area (Å²) in [5, 5.41) is 3.39. The zero-order valence-corrected chi connectivity index (χ0v) is 14.9. The Balaban J connectivity index is 1.94. The van der Waals surface area contributed by atoms with Crippen LogP contribution in [0.3, 0.4) is 0 Å². The van der Waals surface area contributed by atoms with Gasteiger partial charge in [-0.15, -0.1) is 0 Å². The standard InChI is InChI=1S/C19H26N4O/c1-13(2)23-14(3)10-17(15(23)4)19(24)22-9-8-21-12-18(22)16-6-5-7-20-11-16/h5-7,10-11,13,18,21H,8-9,12H2,1-4H3. The molecule has 3 heterocycles. The Labute approximate surface area is 143 Å². The fourth-order valence-electron chi connectivity index (χ4n) is 3.76. The first-order valence-corrected chi connectivity index (χ1v) is 8.60. The molecule has 24 heavy (non-hydrogen) atoms. The monoisotopic (exact) mass is 326 g/mol. The second kappa shape index (κ2) is 6.77. The SMILES string of the molecule is Cc1cc(C(=O)N2CCNCC2c2cccnc2)c(C)n1C(C)C. The molecule has 0 radical (unpaired) electrons. The van der Waals surface area contributed by atoms with Gasteiger partial charge in [-0.1, -0.05) is 6.07 Å². The van der Waals surface area contributed by atoms with Crippen LogP contribution >= 0.6 is 0 Å². The molecule has 3 rings (SSSR count). The Morgan fingerprint density at radius 3 is 2.79 bits per heavy atom. The van der Waals surface area contributed by atoms with Crippen LogP contribution in [-0.4, -0.2) is 40.0 Å². The molecule has 2 aromatic heterocycles. The summed E-state index contributed by atoms with van der Waals surface area (Å²) in [6, 6.07) is 6.38. The number of nitrogens with zero attached hydrogens (tertiary/aromatic N) is 3. The van der Waals surface area contributed by atoms with Gasteiger partial charge in [0, 0.05) is 49.5 Å². The predicted molar refractivity (Wildman–Crippen MR) is 95.2 cm³/mol.